The average Bonchev–Trinajstić information content (AvgIpc) is 3.28. The predicted octanol–water partition coefficient (Wildman–Crippen LogP) is 6.22. The highest BCUT2D eigenvalue weighted by atomic mass is 35.5. The summed E-state index contributed by atoms with van der Waals surface area (Å²) in [6.07, 6.45) is 2.53. The Morgan fingerprint density at radius 1 is 0.952 bits per heavy atom. The molecule has 2 aromatic rings. The van der Waals surface area contributed by atoms with E-state index in [0.29, 0.717) is 31.7 Å². The Morgan fingerprint density at radius 2 is 1.62 bits per heavy atom. The van der Waals surface area contributed by atoms with Gasteiger partial charge in [-0.3, -0.25) is 0 Å². The fourth-order valence-corrected chi connectivity index (χ4v) is 3.24. The third-order valence-corrected chi connectivity index (χ3v) is 5.07. The Bertz CT molecular complexity index is 654. The quantitative estimate of drug-likeness (QED) is 0.638. The van der Waals surface area contributed by atoms with Crippen molar-refractivity contribution in [1.29, 1.82) is 0 Å². The van der Waals surface area contributed by atoms with Crippen LogP contribution in [0, 0.1) is 0 Å². The minimum atomic E-state index is 0.405. The monoisotopic (exact) mass is 359 g/mol. The van der Waals surface area contributed by atoms with Gasteiger partial charge in [0.1, 0.15) is 0 Å². The number of rotatable bonds is 4. The Hall–Kier alpha value is -0.440. The number of nitrogens with one attached hydrogen (secondary N) is 1. The molecule has 1 aliphatic rings. The van der Waals surface area contributed by atoms with E-state index < -0.39 is 0 Å². The lowest BCUT2D eigenvalue weighted by atomic mass is 10.0. The molecule has 21 heavy (non-hydrogen) atoms. The predicted molar refractivity (Wildman–Crippen MR) is 91.8 cm³/mol. The smallest absolute Gasteiger partial charge is 0.0686 e. The van der Waals surface area contributed by atoms with Gasteiger partial charge in [-0.1, -0.05) is 64.6 Å². The van der Waals surface area contributed by atoms with E-state index in [1.54, 1.807) is 6.07 Å². The van der Waals surface area contributed by atoms with Crippen LogP contribution in [0.2, 0.25) is 20.1 Å². The summed E-state index contributed by atoms with van der Waals surface area (Å²) >= 11 is 24.8. The second kappa shape index (κ2) is 6.36. The molecule has 0 radical (unpaired) electrons. The normalized spacial score (nSPS) is 14.5. The van der Waals surface area contributed by atoms with Crippen LogP contribution in [0.3, 0.4) is 0 Å². The Labute approximate surface area is 144 Å². The molecule has 1 fully saturated rings. The van der Waals surface area contributed by atoms with Gasteiger partial charge in [-0.2, -0.15) is 0 Å². The summed E-state index contributed by atoms with van der Waals surface area (Å²) in [6.45, 7) is 0.835. The zero-order chi connectivity index (χ0) is 15.0. The molecule has 2 aromatic carbocycles. The van der Waals surface area contributed by atoms with Crippen molar-refractivity contribution in [2.75, 3.05) is 0 Å². The molecule has 0 saturated heterocycles. The molecule has 5 heteroatoms. The van der Waals surface area contributed by atoms with Crippen molar-refractivity contribution in [2.45, 2.75) is 25.4 Å². The SMILES string of the molecule is Clc1cc(Cl)c(Cl)c(-c2cccc(CNC3CC3)c2)c1Cl. The lowest BCUT2D eigenvalue weighted by molar-refractivity contribution is 0.688. The molecule has 0 atom stereocenters. The van der Waals surface area contributed by atoms with Crippen LogP contribution in [0.15, 0.2) is 30.3 Å². The van der Waals surface area contributed by atoms with Crippen molar-refractivity contribution in [3.8, 4) is 11.1 Å². The number of hydrogen-bond acceptors (Lipinski definition) is 1. The van der Waals surface area contributed by atoms with Crippen molar-refractivity contribution in [2.24, 2.45) is 0 Å². The lowest BCUT2D eigenvalue weighted by Crippen LogP contribution is -2.15. The highest BCUT2D eigenvalue weighted by molar-refractivity contribution is 6.50. The molecule has 0 unspecified atom stereocenters. The summed E-state index contributed by atoms with van der Waals surface area (Å²) < 4.78 is 0. The van der Waals surface area contributed by atoms with Crippen molar-refractivity contribution < 1.29 is 0 Å². The average molecular weight is 361 g/mol. The molecular weight excluding hydrogens is 348 g/mol. The summed E-state index contributed by atoms with van der Waals surface area (Å²) in [4.78, 5) is 0. The van der Waals surface area contributed by atoms with Crippen LogP contribution in [0.1, 0.15) is 18.4 Å². The van der Waals surface area contributed by atoms with Crippen LogP contribution in [0.4, 0.5) is 0 Å². The summed E-state index contributed by atoms with van der Waals surface area (Å²) in [6, 6.07) is 10.3. The van der Waals surface area contributed by atoms with Gasteiger partial charge in [0.25, 0.3) is 0 Å². The third-order valence-electron chi connectivity index (χ3n) is 3.50. The van der Waals surface area contributed by atoms with Gasteiger partial charge in [0.2, 0.25) is 0 Å². The first kappa shape index (κ1) is 15.5. The van der Waals surface area contributed by atoms with Gasteiger partial charge in [0.05, 0.1) is 20.1 Å². The standard InChI is InChI=1S/C16H13Cl4N/c17-12-7-13(18)16(20)14(15(12)19)10-3-1-2-9(6-10)8-21-11-4-5-11/h1-3,6-7,11,21H,4-5,8H2. The molecule has 0 spiro atoms. The zero-order valence-corrected chi connectivity index (χ0v) is 14.1. The number of benzene rings is 2. The van der Waals surface area contributed by atoms with E-state index in [0.717, 1.165) is 12.1 Å². The lowest BCUT2D eigenvalue weighted by Gasteiger charge is -2.12. The molecule has 0 bridgehead atoms. The molecule has 0 amide bonds. The van der Waals surface area contributed by atoms with E-state index in [9.17, 15) is 0 Å². The highest BCUT2D eigenvalue weighted by Crippen LogP contribution is 2.43. The van der Waals surface area contributed by atoms with E-state index in [1.165, 1.54) is 18.4 Å². The minimum absolute atomic E-state index is 0.405. The van der Waals surface area contributed by atoms with Crippen molar-refractivity contribution in [3.63, 3.8) is 0 Å². The first-order valence-electron chi connectivity index (χ1n) is 6.72. The van der Waals surface area contributed by atoms with Gasteiger partial charge in [-0.05, 0) is 36.1 Å². The van der Waals surface area contributed by atoms with Crippen LogP contribution in [0.25, 0.3) is 11.1 Å². The molecule has 0 heterocycles. The number of hydrogen-bond donors (Lipinski definition) is 1. The molecule has 1 saturated carbocycles. The van der Waals surface area contributed by atoms with Crippen LogP contribution in [-0.2, 0) is 6.54 Å². The highest BCUT2D eigenvalue weighted by Gasteiger charge is 2.20. The van der Waals surface area contributed by atoms with Gasteiger partial charge in [-0.25, -0.2) is 0 Å². The van der Waals surface area contributed by atoms with Crippen LogP contribution < -0.4 is 5.32 Å². The van der Waals surface area contributed by atoms with Crippen LogP contribution in [-0.4, -0.2) is 6.04 Å². The van der Waals surface area contributed by atoms with Gasteiger partial charge in [0.15, 0.2) is 0 Å². The van der Waals surface area contributed by atoms with Gasteiger partial charge in [0, 0.05) is 18.2 Å². The van der Waals surface area contributed by atoms with Crippen molar-refractivity contribution >= 4 is 46.4 Å². The van der Waals surface area contributed by atoms with E-state index >= 15 is 0 Å². The maximum atomic E-state index is 6.30. The van der Waals surface area contributed by atoms with E-state index in [1.807, 2.05) is 12.1 Å². The largest absolute Gasteiger partial charge is 0.310 e. The summed E-state index contributed by atoms with van der Waals surface area (Å²) in [5.41, 5.74) is 2.79. The van der Waals surface area contributed by atoms with Gasteiger partial charge < -0.3 is 5.32 Å². The van der Waals surface area contributed by atoms with Gasteiger partial charge >= 0.3 is 0 Å². The fraction of sp³-hybridized carbons (Fsp3) is 0.250. The topological polar surface area (TPSA) is 12.0 Å². The van der Waals surface area contributed by atoms with Crippen molar-refractivity contribution in [1.82, 2.24) is 5.32 Å². The molecule has 1 nitrogen and oxygen atoms in total. The second-order valence-electron chi connectivity index (χ2n) is 5.20. The van der Waals surface area contributed by atoms with Crippen molar-refractivity contribution in [3.05, 3.63) is 56.0 Å². The van der Waals surface area contributed by atoms with E-state index in [2.05, 4.69) is 17.4 Å². The Balaban J connectivity index is 1.97. The first-order valence-corrected chi connectivity index (χ1v) is 8.23. The van der Waals surface area contributed by atoms with Gasteiger partial charge in [-0.15, -0.1) is 0 Å². The molecule has 0 aliphatic heterocycles. The van der Waals surface area contributed by atoms with E-state index in [-0.39, 0.29) is 0 Å². The molecule has 0 aromatic heterocycles. The number of halogens is 4. The van der Waals surface area contributed by atoms with Crippen LogP contribution in [0.5, 0.6) is 0 Å². The third kappa shape index (κ3) is 3.49. The molecule has 1 N–H and O–H groups in total. The summed E-state index contributed by atoms with van der Waals surface area (Å²) in [7, 11) is 0. The fourth-order valence-electron chi connectivity index (χ4n) is 2.21. The molecule has 3 rings (SSSR count). The van der Waals surface area contributed by atoms with E-state index in [4.69, 9.17) is 46.4 Å². The Morgan fingerprint density at radius 3 is 2.24 bits per heavy atom. The summed E-state index contributed by atoms with van der Waals surface area (Å²) in [5, 5.41) is 5.15. The zero-order valence-electron chi connectivity index (χ0n) is 11.1. The maximum Gasteiger partial charge on any atom is 0.0686 e. The molecule has 110 valence electrons. The molecule has 1 aliphatic carbocycles. The van der Waals surface area contributed by atoms with Crippen LogP contribution >= 0.6 is 46.4 Å². The second-order valence-corrected chi connectivity index (χ2v) is 6.77. The summed E-state index contributed by atoms with van der Waals surface area (Å²) in [5.74, 6) is 0. The molecular formula is C16H13Cl4N. The Kier molecular flexibility index (Phi) is 4.68. The maximum absolute atomic E-state index is 6.30. The first-order chi connectivity index (χ1) is 10.1. The minimum Gasteiger partial charge on any atom is -0.310 e.